The zero-order chi connectivity index (χ0) is 18.8. The van der Waals surface area contributed by atoms with Gasteiger partial charge in [0, 0.05) is 36.4 Å². The van der Waals surface area contributed by atoms with Crippen molar-refractivity contribution in [3.05, 3.63) is 66.1 Å². The Morgan fingerprint density at radius 1 is 1.11 bits per heavy atom. The van der Waals surface area contributed by atoms with Crippen LogP contribution in [0.1, 0.15) is 16.1 Å². The summed E-state index contributed by atoms with van der Waals surface area (Å²) in [7, 11) is 1.56. The maximum Gasteiger partial charge on any atom is 0.317 e. The fourth-order valence-corrected chi connectivity index (χ4v) is 3.30. The molecule has 0 bridgehead atoms. The van der Waals surface area contributed by atoms with Gasteiger partial charge in [-0.1, -0.05) is 18.2 Å². The number of Topliss-reactive ketones (excluding diaryl/α,β-unsaturated/α-hetero) is 1. The predicted octanol–water partition coefficient (Wildman–Crippen LogP) is 3.16. The second-order valence-corrected chi connectivity index (χ2v) is 6.29. The zero-order valence-corrected chi connectivity index (χ0v) is 14.8. The van der Waals surface area contributed by atoms with Gasteiger partial charge in [-0.05, 0) is 24.3 Å². The minimum absolute atomic E-state index is 0.0454. The second kappa shape index (κ2) is 6.95. The lowest BCUT2D eigenvalue weighted by molar-refractivity contribution is 0.0920. The molecule has 0 atom stereocenters. The van der Waals surface area contributed by atoms with Crippen molar-refractivity contribution in [2.45, 2.75) is 6.54 Å². The normalized spacial score (nSPS) is 13.2. The van der Waals surface area contributed by atoms with E-state index in [0.29, 0.717) is 12.1 Å². The standard InChI is InChI=1S/C20H19N5O2/c1-21-20(27)25-11-15-17(16(26)12-25)19(23-14-5-3-2-4-6-14)18(24-15)13-7-9-22-10-8-13/h2-10,23-24H,11-12H2,1H3,(H,21,27). The highest BCUT2D eigenvalue weighted by molar-refractivity contribution is 6.09. The number of hydrogen-bond donors (Lipinski definition) is 3. The van der Waals surface area contributed by atoms with Crippen molar-refractivity contribution in [1.82, 2.24) is 20.2 Å². The maximum absolute atomic E-state index is 12.9. The van der Waals surface area contributed by atoms with E-state index in [1.807, 2.05) is 42.5 Å². The Labute approximate surface area is 156 Å². The predicted molar refractivity (Wildman–Crippen MR) is 103 cm³/mol. The number of carbonyl (C=O) groups excluding carboxylic acids is 2. The highest BCUT2D eigenvalue weighted by Crippen LogP contribution is 2.37. The maximum atomic E-state index is 12.9. The van der Waals surface area contributed by atoms with Crippen LogP contribution < -0.4 is 10.6 Å². The van der Waals surface area contributed by atoms with Gasteiger partial charge in [0.25, 0.3) is 0 Å². The largest absolute Gasteiger partial charge is 0.355 e. The number of urea groups is 1. The van der Waals surface area contributed by atoms with E-state index in [9.17, 15) is 9.59 Å². The molecule has 0 fully saturated rings. The van der Waals surface area contributed by atoms with Gasteiger partial charge in [0.1, 0.15) is 0 Å². The van der Waals surface area contributed by atoms with E-state index < -0.39 is 0 Å². The molecule has 3 heterocycles. The number of benzene rings is 1. The summed E-state index contributed by atoms with van der Waals surface area (Å²) in [5.74, 6) is -0.102. The molecule has 7 heteroatoms. The van der Waals surface area contributed by atoms with Crippen LogP contribution in [0, 0.1) is 0 Å². The number of anilines is 2. The fourth-order valence-electron chi connectivity index (χ4n) is 3.30. The van der Waals surface area contributed by atoms with E-state index in [0.717, 1.165) is 28.3 Å². The topological polar surface area (TPSA) is 90.1 Å². The Hall–Kier alpha value is -3.61. The van der Waals surface area contributed by atoms with E-state index in [1.54, 1.807) is 19.4 Å². The molecule has 136 valence electrons. The highest BCUT2D eigenvalue weighted by Gasteiger charge is 2.32. The molecule has 4 rings (SSSR count). The molecule has 7 nitrogen and oxygen atoms in total. The minimum Gasteiger partial charge on any atom is -0.355 e. The van der Waals surface area contributed by atoms with Gasteiger partial charge in [0.2, 0.25) is 0 Å². The number of ketones is 1. The number of nitrogens with one attached hydrogen (secondary N) is 3. The number of fused-ring (bicyclic) bond motifs is 1. The average Bonchev–Trinajstić information content (AvgIpc) is 3.07. The first-order valence-electron chi connectivity index (χ1n) is 8.64. The Morgan fingerprint density at radius 2 is 1.85 bits per heavy atom. The Balaban J connectivity index is 1.82. The summed E-state index contributed by atoms with van der Waals surface area (Å²) in [6.45, 7) is 0.388. The average molecular weight is 361 g/mol. The molecule has 0 radical (unpaired) electrons. The summed E-state index contributed by atoms with van der Waals surface area (Å²) in [5.41, 5.74) is 4.65. The Bertz CT molecular complexity index is 982. The molecule has 0 aliphatic carbocycles. The molecule has 2 aromatic heterocycles. The lowest BCUT2D eigenvalue weighted by Crippen LogP contribution is -2.43. The van der Waals surface area contributed by atoms with Crippen molar-refractivity contribution in [3.63, 3.8) is 0 Å². The first-order valence-corrected chi connectivity index (χ1v) is 8.64. The molecule has 3 N–H and O–H groups in total. The van der Waals surface area contributed by atoms with Gasteiger partial charge in [-0.25, -0.2) is 4.79 Å². The summed E-state index contributed by atoms with van der Waals surface area (Å²) in [4.78, 5) is 33.8. The molecule has 0 saturated carbocycles. The number of hydrogen-bond acceptors (Lipinski definition) is 4. The van der Waals surface area contributed by atoms with Gasteiger partial charge < -0.3 is 20.5 Å². The molecule has 0 spiro atoms. The van der Waals surface area contributed by atoms with E-state index >= 15 is 0 Å². The van der Waals surface area contributed by atoms with Gasteiger partial charge in [0.15, 0.2) is 5.78 Å². The van der Waals surface area contributed by atoms with Crippen LogP contribution in [0.4, 0.5) is 16.2 Å². The number of H-pyrrole nitrogens is 1. The summed E-state index contributed by atoms with van der Waals surface area (Å²) >= 11 is 0. The summed E-state index contributed by atoms with van der Waals surface area (Å²) in [6, 6.07) is 13.2. The lowest BCUT2D eigenvalue weighted by Gasteiger charge is -2.26. The van der Waals surface area contributed by atoms with Crippen LogP contribution in [0.3, 0.4) is 0 Å². The molecule has 27 heavy (non-hydrogen) atoms. The fraction of sp³-hybridized carbons (Fsp3) is 0.150. The third-order valence-corrected chi connectivity index (χ3v) is 4.55. The van der Waals surface area contributed by atoms with Gasteiger partial charge in [-0.15, -0.1) is 0 Å². The van der Waals surface area contributed by atoms with Gasteiger partial charge in [-0.2, -0.15) is 0 Å². The molecule has 1 aromatic carbocycles. The van der Waals surface area contributed by atoms with Crippen LogP contribution in [-0.2, 0) is 6.54 Å². The number of rotatable bonds is 3. The monoisotopic (exact) mass is 361 g/mol. The van der Waals surface area contributed by atoms with Crippen LogP contribution in [-0.4, -0.2) is 40.3 Å². The van der Waals surface area contributed by atoms with Crippen molar-refractivity contribution >= 4 is 23.2 Å². The van der Waals surface area contributed by atoms with Crippen LogP contribution in [0.25, 0.3) is 11.3 Å². The lowest BCUT2D eigenvalue weighted by atomic mass is 10.0. The van der Waals surface area contributed by atoms with Crippen LogP contribution in [0.2, 0.25) is 0 Å². The third-order valence-electron chi connectivity index (χ3n) is 4.55. The molecule has 1 aliphatic rings. The molecule has 2 amide bonds. The van der Waals surface area contributed by atoms with Crippen molar-refractivity contribution < 1.29 is 9.59 Å². The van der Waals surface area contributed by atoms with Crippen LogP contribution in [0.15, 0.2) is 54.9 Å². The van der Waals surface area contributed by atoms with E-state index in [1.165, 1.54) is 4.90 Å². The van der Waals surface area contributed by atoms with Crippen molar-refractivity contribution in [2.75, 3.05) is 18.9 Å². The Kier molecular flexibility index (Phi) is 4.33. The molecular formula is C20H19N5O2. The molecule has 1 aliphatic heterocycles. The van der Waals surface area contributed by atoms with Gasteiger partial charge >= 0.3 is 6.03 Å². The van der Waals surface area contributed by atoms with Crippen LogP contribution in [0.5, 0.6) is 0 Å². The van der Waals surface area contributed by atoms with Crippen molar-refractivity contribution in [3.8, 4) is 11.3 Å². The smallest absolute Gasteiger partial charge is 0.317 e. The van der Waals surface area contributed by atoms with E-state index in [-0.39, 0.29) is 18.4 Å². The number of carbonyl (C=O) groups is 2. The van der Waals surface area contributed by atoms with Gasteiger partial charge in [-0.3, -0.25) is 9.78 Å². The minimum atomic E-state index is -0.272. The van der Waals surface area contributed by atoms with E-state index in [2.05, 4.69) is 20.6 Å². The SMILES string of the molecule is CNC(=O)N1CC(=O)c2c([nH]c(-c3ccncc3)c2Nc2ccccc2)C1. The number of nitrogens with zero attached hydrogens (tertiary/aromatic N) is 2. The van der Waals surface area contributed by atoms with Crippen LogP contribution >= 0.6 is 0 Å². The number of para-hydroxylation sites is 1. The van der Waals surface area contributed by atoms with E-state index in [4.69, 9.17) is 0 Å². The number of amides is 2. The van der Waals surface area contributed by atoms with Crippen molar-refractivity contribution in [2.24, 2.45) is 0 Å². The summed E-state index contributed by atoms with van der Waals surface area (Å²) < 4.78 is 0. The Morgan fingerprint density at radius 3 is 2.56 bits per heavy atom. The highest BCUT2D eigenvalue weighted by atomic mass is 16.2. The summed E-state index contributed by atoms with van der Waals surface area (Å²) in [6.07, 6.45) is 3.42. The molecule has 3 aromatic rings. The quantitative estimate of drug-likeness (QED) is 0.668. The molecular weight excluding hydrogens is 342 g/mol. The second-order valence-electron chi connectivity index (χ2n) is 6.29. The molecule has 0 saturated heterocycles. The first-order chi connectivity index (χ1) is 13.2. The number of aromatic amines is 1. The first kappa shape index (κ1) is 16.8. The summed E-state index contributed by atoms with van der Waals surface area (Å²) in [5, 5.41) is 5.95. The van der Waals surface area contributed by atoms with Gasteiger partial charge in [0.05, 0.1) is 30.0 Å². The van der Waals surface area contributed by atoms with Crippen molar-refractivity contribution in [1.29, 1.82) is 0 Å². The number of aromatic nitrogens is 2. The third kappa shape index (κ3) is 3.15. The molecule has 0 unspecified atom stereocenters. The zero-order valence-electron chi connectivity index (χ0n) is 14.8. The number of pyridine rings is 1.